The van der Waals surface area contributed by atoms with Gasteiger partial charge in [-0.1, -0.05) is 0 Å². The number of nitrogens with zero attached hydrogens (tertiary/aromatic N) is 6. The average Bonchev–Trinajstić information content (AvgIpc) is 3.10. The minimum Gasteiger partial charge on any atom is -0.475 e. The zero-order valence-electron chi connectivity index (χ0n) is 15.8. The summed E-state index contributed by atoms with van der Waals surface area (Å²) in [4.78, 5) is 13.0. The number of aryl methyl sites for hydroxylation is 1. The van der Waals surface area contributed by atoms with E-state index in [0.717, 1.165) is 24.5 Å². The minimum atomic E-state index is -0.339. The van der Waals surface area contributed by atoms with Gasteiger partial charge in [0.05, 0.1) is 18.9 Å². The summed E-state index contributed by atoms with van der Waals surface area (Å²) in [5.74, 6) is 2.00. The lowest BCUT2D eigenvalue weighted by Gasteiger charge is -2.27. The molecule has 0 bridgehead atoms. The van der Waals surface area contributed by atoms with Gasteiger partial charge in [-0.05, 0) is 27.4 Å². The van der Waals surface area contributed by atoms with Gasteiger partial charge in [0.15, 0.2) is 0 Å². The summed E-state index contributed by atoms with van der Waals surface area (Å²) >= 11 is 0. The van der Waals surface area contributed by atoms with Crippen molar-refractivity contribution in [1.29, 1.82) is 0 Å². The van der Waals surface area contributed by atoms with Crippen molar-refractivity contribution in [2.45, 2.75) is 25.5 Å². The van der Waals surface area contributed by atoms with Crippen LogP contribution in [0.3, 0.4) is 0 Å². The molecule has 2 N–H and O–H groups in total. The SMILES string of the molecule is CCOc1nn(C)cc1Nc1cc(N2C[C@H](O)C[C@@H]2CN(C)C)ncn1. The Morgan fingerprint density at radius 3 is 2.92 bits per heavy atom. The predicted octanol–water partition coefficient (Wildman–Crippen LogP) is 0.854. The Morgan fingerprint density at radius 2 is 2.19 bits per heavy atom. The molecule has 2 atom stereocenters. The maximum absolute atomic E-state index is 10.1. The molecule has 1 aliphatic rings. The highest BCUT2D eigenvalue weighted by Gasteiger charge is 2.32. The van der Waals surface area contributed by atoms with Crippen LogP contribution in [0.2, 0.25) is 0 Å². The van der Waals surface area contributed by atoms with Crippen molar-refractivity contribution in [2.24, 2.45) is 7.05 Å². The topological polar surface area (TPSA) is 91.6 Å². The quantitative estimate of drug-likeness (QED) is 0.750. The van der Waals surface area contributed by atoms with E-state index in [1.807, 2.05) is 40.3 Å². The van der Waals surface area contributed by atoms with Gasteiger partial charge in [0.2, 0.25) is 0 Å². The van der Waals surface area contributed by atoms with Crippen molar-refractivity contribution in [2.75, 3.05) is 44.0 Å². The predicted molar refractivity (Wildman–Crippen MR) is 100 cm³/mol. The smallest absolute Gasteiger partial charge is 0.256 e. The summed E-state index contributed by atoms with van der Waals surface area (Å²) in [6, 6.07) is 2.11. The first-order valence-corrected chi connectivity index (χ1v) is 8.81. The lowest BCUT2D eigenvalue weighted by atomic mass is 10.2. The highest BCUT2D eigenvalue weighted by Crippen LogP contribution is 2.29. The molecule has 142 valence electrons. The molecular formula is C17H27N7O2. The van der Waals surface area contributed by atoms with E-state index < -0.39 is 0 Å². The molecule has 0 unspecified atom stereocenters. The maximum atomic E-state index is 10.1. The van der Waals surface area contributed by atoms with Crippen LogP contribution in [0.25, 0.3) is 0 Å². The molecule has 0 amide bonds. The third kappa shape index (κ3) is 4.23. The third-order valence-electron chi connectivity index (χ3n) is 4.25. The van der Waals surface area contributed by atoms with Gasteiger partial charge in [0, 0.05) is 32.2 Å². The molecule has 0 aromatic carbocycles. The van der Waals surface area contributed by atoms with E-state index >= 15 is 0 Å². The van der Waals surface area contributed by atoms with Crippen molar-refractivity contribution in [3.8, 4) is 5.88 Å². The van der Waals surface area contributed by atoms with Crippen LogP contribution in [0.1, 0.15) is 13.3 Å². The molecular weight excluding hydrogens is 334 g/mol. The van der Waals surface area contributed by atoms with Gasteiger partial charge in [-0.25, -0.2) is 9.97 Å². The molecule has 0 spiro atoms. The monoisotopic (exact) mass is 361 g/mol. The summed E-state index contributed by atoms with van der Waals surface area (Å²) in [7, 11) is 5.91. The van der Waals surface area contributed by atoms with Crippen LogP contribution in [-0.2, 0) is 7.05 Å². The lowest BCUT2D eigenvalue weighted by Crippen LogP contribution is -2.38. The van der Waals surface area contributed by atoms with E-state index in [0.29, 0.717) is 24.8 Å². The molecule has 1 aliphatic heterocycles. The fraction of sp³-hybridized carbons (Fsp3) is 0.588. The molecule has 1 fully saturated rings. The molecule has 9 heteroatoms. The molecule has 2 aromatic heterocycles. The Bertz CT molecular complexity index is 734. The summed E-state index contributed by atoms with van der Waals surface area (Å²) in [6.07, 6.45) is 3.78. The lowest BCUT2D eigenvalue weighted by molar-refractivity contribution is 0.191. The first kappa shape index (κ1) is 18.4. The first-order valence-electron chi connectivity index (χ1n) is 8.81. The van der Waals surface area contributed by atoms with Gasteiger partial charge in [0.25, 0.3) is 5.88 Å². The molecule has 0 saturated carbocycles. The van der Waals surface area contributed by atoms with Crippen molar-refractivity contribution in [1.82, 2.24) is 24.6 Å². The number of likely N-dealkylation sites (N-methyl/N-ethyl adjacent to an activating group) is 1. The van der Waals surface area contributed by atoms with Gasteiger partial charge in [-0.2, -0.15) is 0 Å². The Morgan fingerprint density at radius 1 is 1.38 bits per heavy atom. The van der Waals surface area contributed by atoms with Gasteiger partial charge in [0.1, 0.15) is 23.7 Å². The molecule has 2 aromatic rings. The Kier molecular flexibility index (Phi) is 5.58. The molecule has 0 aliphatic carbocycles. The third-order valence-corrected chi connectivity index (χ3v) is 4.25. The molecule has 1 saturated heterocycles. The molecule has 3 heterocycles. The number of aromatic nitrogens is 4. The molecule has 0 radical (unpaired) electrons. The molecule has 9 nitrogen and oxygen atoms in total. The van der Waals surface area contributed by atoms with E-state index in [-0.39, 0.29) is 12.1 Å². The van der Waals surface area contributed by atoms with Crippen LogP contribution in [0.4, 0.5) is 17.3 Å². The zero-order chi connectivity index (χ0) is 18.7. The number of hydrogen-bond donors (Lipinski definition) is 2. The number of aliphatic hydroxyl groups excluding tert-OH is 1. The number of aliphatic hydroxyl groups is 1. The van der Waals surface area contributed by atoms with Crippen LogP contribution in [0.5, 0.6) is 5.88 Å². The van der Waals surface area contributed by atoms with E-state index in [1.54, 1.807) is 4.68 Å². The van der Waals surface area contributed by atoms with Crippen molar-refractivity contribution in [3.63, 3.8) is 0 Å². The second kappa shape index (κ2) is 7.88. The van der Waals surface area contributed by atoms with Crippen molar-refractivity contribution < 1.29 is 9.84 Å². The van der Waals surface area contributed by atoms with Crippen molar-refractivity contribution in [3.05, 3.63) is 18.6 Å². The highest BCUT2D eigenvalue weighted by molar-refractivity contribution is 5.63. The largest absolute Gasteiger partial charge is 0.475 e. The average molecular weight is 361 g/mol. The second-order valence-electron chi connectivity index (χ2n) is 6.80. The zero-order valence-corrected chi connectivity index (χ0v) is 15.8. The number of anilines is 3. The summed E-state index contributed by atoms with van der Waals surface area (Å²) in [5.41, 5.74) is 0.755. The van der Waals surface area contributed by atoms with E-state index in [9.17, 15) is 5.11 Å². The summed E-state index contributed by atoms with van der Waals surface area (Å²) in [6.45, 7) is 3.90. The van der Waals surface area contributed by atoms with Crippen LogP contribution in [0.15, 0.2) is 18.6 Å². The number of rotatable bonds is 7. The van der Waals surface area contributed by atoms with Gasteiger partial charge in [-0.15, -0.1) is 5.10 Å². The Balaban J connectivity index is 1.80. The van der Waals surface area contributed by atoms with Crippen molar-refractivity contribution >= 4 is 17.3 Å². The highest BCUT2D eigenvalue weighted by atomic mass is 16.5. The number of ether oxygens (including phenoxy) is 1. The normalized spacial score (nSPS) is 20.0. The number of β-amino-alcohol motifs (C(OH)–C–C–N with tert-alkyl or cyclic N) is 1. The molecule has 26 heavy (non-hydrogen) atoms. The molecule has 3 rings (SSSR count). The Labute approximate surface area is 153 Å². The maximum Gasteiger partial charge on any atom is 0.256 e. The number of nitrogens with one attached hydrogen (secondary N) is 1. The van der Waals surface area contributed by atoms with E-state index in [4.69, 9.17) is 4.74 Å². The minimum absolute atomic E-state index is 0.222. The van der Waals surface area contributed by atoms with Gasteiger partial charge in [-0.3, -0.25) is 4.68 Å². The fourth-order valence-corrected chi connectivity index (χ4v) is 3.27. The summed E-state index contributed by atoms with van der Waals surface area (Å²) in [5, 5.41) is 17.6. The Hall–Kier alpha value is -2.39. The van der Waals surface area contributed by atoms with Crippen LogP contribution < -0.4 is 15.0 Å². The van der Waals surface area contributed by atoms with Gasteiger partial charge < -0.3 is 25.0 Å². The summed E-state index contributed by atoms with van der Waals surface area (Å²) < 4.78 is 7.24. The van der Waals surface area contributed by atoms with E-state index in [2.05, 4.69) is 30.2 Å². The first-order chi connectivity index (χ1) is 12.5. The number of hydrogen-bond acceptors (Lipinski definition) is 8. The van der Waals surface area contributed by atoms with Crippen LogP contribution in [0, 0.1) is 0 Å². The fourth-order valence-electron chi connectivity index (χ4n) is 3.27. The standard InChI is InChI=1S/C17H27N7O2/c1-5-26-17-14(10-23(4)21-17)20-15-7-16(19-11-18-15)24-9-13(25)6-12(24)8-22(2)3/h7,10-13,25H,5-6,8-9H2,1-4H3,(H,18,19,20)/t12-,13-/m1/s1. The van der Waals surface area contributed by atoms with Crippen LogP contribution in [-0.4, -0.2) is 75.7 Å². The second-order valence-corrected chi connectivity index (χ2v) is 6.80. The van der Waals surface area contributed by atoms with Gasteiger partial charge >= 0.3 is 0 Å². The van der Waals surface area contributed by atoms with E-state index in [1.165, 1.54) is 6.33 Å². The van der Waals surface area contributed by atoms with Crippen LogP contribution >= 0.6 is 0 Å².